The van der Waals surface area contributed by atoms with Crippen LogP contribution in [0.2, 0.25) is 0 Å². The van der Waals surface area contributed by atoms with Crippen LogP contribution in [0.3, 0.4) is 0 Å². The van der Waals surface area contributed by atoms with Gasteiger partial charge in [-0.05, 0) is 36.1 Å². The average Bonchev–Trinajstić information content (AvgIpc) is 2.56. The number of benzene rings is 1. The summed E-state index contributed by atoms with van der Waals surface area (Å²) < 4.78 is 56.6. The fraction of sp³-hybridized carbons (Fsp3) is 0.455. The van der Waals surface area contributed by atoms with Gasteiger partial charge in [0.1, 0.15) is 5.82 Å². The van der Waals surface area contributed by atoms with Crippen molar-refractivity contribution in [1.82, 2.24) is 0 Å². The Kier molecular flexibility index (Phi) is 2.45. The first kappa shape index (κ1) is 11.4. The molecule has 1 aliphatic rings. The van der Waals surface area contributed by atoms with Gasteiger partial charge in [0.15, 0.2) is 5.60 Å². The van der Waals surface area contributed by atoms with Gasteiger partial charge in [-0.15, -0.1) is 0 Å². The summed E-state index contributed by atoms with van der Waals surface area (Å²) in [5.41, 5.74) is -1.94. The van der Waals surface area contributed by atoms with E-state index < -0.39 is 17.6 Å². The number of hydrogen-bond acceptors (Lipinski definition) is 1. The molecule has 88 valence electrons. The first-order valence-electron chi connectivity index (χ1n) is 4.81. The summed E-state index contributed by atoms with van der Waals surface area (Å²) in [5.74, 6) is -0.675. The second kappa shape index (κ2) is 3.45. The first-order chi connectivity index (χ1) is 7.40. The number of methoxy groups -OCH3 is 1. The van der Waals surface area contributed by atoms with Gasteiger partial charge < -0.3 is 4.74 Å². The molecule has 2 rings (SSSR count). The maximum absolute atomic E-state index is 13.0. The lowest BCUT2D eigenvalue weighted by Crippen LogP contribution is -2.42. The molecule has 5 heteroatoms. The van der Waals surface area contributed by atoms with Crippen molar-refractivity contribution in [2.75, 3.05) is 7.11 Å². The molecule has 0 aromatic heterocycles. The van der Waals surface area contributed by atoms with Crippen LogP contribution in [0.1, 0.15) is 17.5 Å². The molecule has 0 fully saturated rings. The number of ether oxygens (including phenoxy) is 1. The highest BCUT2D eigenvalue weighted by Gasteiger charge is 2.59. The lowest BCUT2D eigenvalue weighted by atomic mass is 9.95. The van der Waals surface area contributed by atoms with Crippen molar-refractivity contribution >= 4 is 0 Å². The fourth-order valence-corrected chi connectivity index (χ4v) is 2.21. The van der Waals surface area contributed by atoms with E-state index >= 15 is 0 Å². The Bertz CT molecular complexity index is 413. The molecule has 1 unspecified atom stereocenters. The molecule has 0 amide bonds. The molecule has 16 heavy (non-hydrogen) atoms. The SMILES string of the molecule is COC1(C(F)(F)F)CCc2ccc(F)cc21. The molecule has 0 spiro atoms. The van der Waals surface area contributed by atoms with E-state index in [1.54, 1.807) is 0 Å². The molecule has 1 aromatic carbocycles. The molecular weight excluding hydrogens is 224 g/mol. The molecule has 0 aliphatic heterocycles. The van der Waals surface area contributed by atoms with Gasteiger partial charge in [-0.2, -0.15) is 13.2 Å². The molecule has 0 radical (unpaired) electrons. The summed E-state index contributed by atoms with van der Waals surface area (Å²) in [6, 6.07) is 3.47. The molecule has 1 atom stereocenters. The molecule has 0 saturated heterocycles. The average molecular weight is 234 g/mol. The summed E-state index contributed by atoms with van der Waals surface area (Å²) in [5, 5.41) is 0. The van der Waals surface area contributed by atoms with Crippen LogP contribution < -0.4 is 0 Å². The van der Waals surface area contributed by atoms with E-state index in [0.29, 0.717) is 5.56 Å². The van der Waals surface area contributed by atoms with Gasteiger partial charge in [-0.1, -0.05) is 6.07 Å². The number of aryl methyl sites for hydroxylation is 1. The van der Waals surface area contributed by atoms with E-state index in [0.717, 1.165) is 13.2 Å². The summed E-state index contributed by atoms with van der Waals surface area (Å²) in [6.07, 6.45) is -4.46. The van der Waals surface area contributed by atoms with Gasteiger partial charge in [0.25, 0.3) is 0 Å². The molecule has 1 aliphatic carbocycles. The van der Waals surface area contributed by atoms with Crippen LogP contribution in [0.5, 0.6) is 0 Å². The largest absolute Gasteiger partial charge is 0.421 e. The first-order valence-corrected chi connectivity index (χ1v) is 4.81. The van der Waals surface area contributed by atoms with Crippen molar-refractivity contribution in [3.63, 3.8) is 0 Å². The zero-order valence-corrected chi connectivity index (χ0v) is 8.57. The van der Waals surface area contributed by atoms with Crippen LogP contribution in [-0.2, 0) is 16.8 Å². The van der Waals surface area contributed by atoms with Gasteiger partial charge in [-0.3, -0.25) is 0 Å². The lowest BCUT2D eigenvalue weighted by molar-refractivity contribution is -0.275. The second-order valence-corrected chi connectivity index (χ2v) is 3.83. The quantitative estimate of drug-likeness (QED) is 0.678. The van der Waals surface area contributed by atoms with E-state index in [2.05, 4.69) is 4.74 Å². The maximum Gasteiger partial charge on any atom is 0.421 e. The Morgan fingerprint density at radius 2 is 2.00 bits per heavy atom. The van der Waals surface area contributed by atoms with Crippen LogP contribution in [0.15, 0.2) is 18.2 Å². The molecule has 0 saturated carbocycles. The van der Waals surface area contributed by atoms with Crippen LogP contribution in [-0.4, -0.2) is 13.3 Å². The number of alkyl halides is 3. The van der Waals surface area contributed by atoms with Gasteiger partial charge in [0.2, 0.25) is 0 Å². The van der Waals surface area contributed by atoms with Gasteiger partial charge in [0.05, 0.1) is 0 Å². The molecule has 0 bridgehead atoms. The Morgan fingerprint density at radius 1 is 1.31 bits per heavy atom. The van der Waals surface area contributed by atoms with E-state index in [1.165, 1.54) is 12.1 Å². The highest BCUT2D eigenvalue weighted by atomic mass is 19.4. The van der Waals surface area contributed by atoms with Crippen molar-refractivity contribution < 1.29 is 22.3 Å². The monoisotopic (exact) mass is 234 g/mol. The Labute approximate surface area is 90.0 Å². The summed E-state index contributed by atoms with van der Waals surface area (Å²) in [6.45, 7) is 0. The topological polar surface area (TPSA) is 9.23 Å². The van der Waals surface area contributed by atoms with E-state index in [1.807, 2.05) is 0 Å². The van der Waals surface area contributed by atoms with Gasteiger partial charge in [0, 0.05) is 7.11 Å². The minimum absolute atomic E-state index is 0.0949. The van der Waals surface area contributed by atoms with Crippen LogP contribution in [0.25, 0.3) is 0 Å². The van der Waals surface area contributed by atoms with E-state index in [4.69, 9.17) is 0 Å². The molecule has 0 N–H and O–H groups in total. The van der Waals surface area contributed by atoms with Crippen molar-refractivity contribution in [2.24, 2.45) is 0 Å². The molecule has 1 nitrogen and oxygen atoms in total. The highest BCUT2D eigenvalue weighted by molar-refractivity contribution is 5.39. The maximum atomic E-state index is 13.0. The number of rotatable bonds is 1. The van der Waals surface area contributed by atoms with Crippen molar-refractivity contribution in [3.05, 3.63) is 35.1 Å². The second-order valence-electron chi connectivity index (χ2n) is 3.83. The third-order valence-corrected chi connectivity index (χ3v) is 3.06. The fourth-order valence-electron chi connectivity index (χ4n) is 2.21. The van der Waals surface area contributed by atoms with Crippen molar-refractivity contribution in [1.29, 1.82) is 0 Å². The Morgan fingerprint density at radius 3 is 2.56 bits per heavy atom. The Balaban J connectivity index is 2.59. The predicted octanol–water partition coefficient (Wildman–Crippen LogP) is 3.18. The third-order valence-electron chi connectivity index (χ3n) is 3.06. The molecule has 0 heterocycles. The molecule has 1 aromatic rings. The lowest BCUT2D eigenvalue weighted by Gasteiger charge is -2.31. The van der Waals surface area contributed by atoms with Crippen molar-refractivity contribution in [3.8, 4) is 0 Å². The summed E-state index contributed by atoms with van der Waals surface area (Å²) in [7, 11) is 1.01. The molecular formula is C11H10F4O. The zero-order chi connectivity index (χ0) is 12.0. The number of halogens is 4. The summed E-state index contributed by atoms with van der Waals surface area (Å²) in [4.78, 5) is 0. The Hall–Kier alpha value is -1.10. The van der Waals surface area contributed by atoms with Crippen LogP contribution >= 0.6 is 0 Å². The predicted molar refractivity (Wildman–Crippen MR) is 49.5 cm³/mol. The number of fused-ring (bicyclic) bond motifs is 1. The van der Waals surface area contributed by atoms with Crippen molar-refractivity contribution in [2.45, 2.75) is 24.6 Å². The third kappa shape index (κ3) is 1.42. The van der Waals surface area contributed by atoms with Crippen LogP contribution in [0.4, 0.5) is 17.6 Å². The standard InChI is InChI=1S/C11H10F4O/c1-16-10(11(13,14)15)5-4-7-2-3-8(12)6-9(7)10/h2-3,6H,4-5H2,1H3. The summed E-state index contributed by atoms with van der Waals surface area (Å²) >= 11 is 0. The highest BCUT2D eigenvalue weighted by Crippen LogP contribution is 2.50. The minimum atomic E-state index is -4.53. The minimum Gasteiger partial charge on any atom is -0.364 e. The number of hydrogen-bond donors (Lipinski definition) is 0. The van der Waals surface area contributed by atoms with Gasteiger partial charge >= 0.3 is 6.18 Å². The van der Waals surface area contributed by atoms with E-state index in [-0.39, 0.29) is 18.4 Å². The smallest absolute Gasteiger partial charge is 0.364 e. The normalized spacial score (nSPS) is 24.6. The van der Waals surface area contributed by atoms with Crippen LogP contribution in [0, 0.1) is 5.82 Å². The zero-order valence-electron chi connectivity index (χ0n) is 8.57. The van der Waals surface area contributed by atoms with E-state index in [9.17, 15) is 17.6 Å². The van der Waals surface area contributed by atoms with Gasteiger partial charge in [-0.25, -0.2) is 4.39 Å².